The number of rotatable bonds is 3. The topological polar surface area (TPSA) is 20.3 Å². The van der Waals surface area contributed by atoms with Crippen molar-refractivity contribution in [3.63, 3.8) is 0 Å². The van der Waals surface area contributed by atoms with E-state index in [1.54, 1.807) is 0 Å². The van der Waals surface area contributed by atoms with Crippen LogP contribution in [0.25, 0.3) is 0 Å². The van der Waals surface area contributed by atoms with Crippen molar-refractivity contribution in [2.24, 2.45) is 0 Å². The van der Waals surface area contributed by atoms with Gasteiger partial charge in [-0.3, -0.25) is 9.69 Å². The Morgan fingerprint density at radius 2 is 1.62 bits per heavy atom. The number of likely N-dealkylation sites (tertiary alicyclic amines) is 1. The monoisotopic (exact) mass is 221 g/mol. The molecule has 0 bridgehead atoms. The Labute approximate surface area is 98.7 Å². The highest BCUT2D eigenvalue weighted by molar-refractivity contribution is 5.98. The maximum absolute atomic E-state index is 12.4. The van der Waals surface area contributed by atoms with Gasteiger partial charge in [0.05, 0.1) is 5.54 Å². The molecular weight excluding hydrogens is 198 g/mol. The lowest BCUT2D eigenvalue weighted by Gasteiger charge is -2.36. The van der Waals surface area contributed by atoms with Gasteiger partial charge < -0.3 is 0 Å². The number of carbonyl (C=O) groups excluding carboxylic acids is 1. The second kappa shape index (κ2) is 4.70. The van der Waals surface area contributed by atoms with Crippen molar-refractivity contribution in [2.45, 2.75) is 57.9 Å². The van der Waals surface area contributed by atoms with E-state index in [4.69, 9.17) is 0 Å². The van der Waals surface area contributed by atoms with Crippen LogP contribution < -0.4 is 0 Å². The third-order valence-corrected chi connectivity index (χ3v) is 4.02. The number of hydrogen-bond acceptors (Lipinski definition) is 2. The maximum atomic E-state index is 12.4. The molecule has 2 fully saturated rings. The molecule has 0 amide bonds. The van der Waals surface area contributed by atoms with E-state index in [-0.39, 0.29) is 5.54 Å². The summed E-state index contributed by atoms with van der Waals surface area (Å²) in [5.41, 5.74) is 1.02. The Morgan fingerprint density at radius 1 is 1.06 bits per heavy atom. The molecule has 2 rings (SSSR count). The molecule has 0 aromatic heterocycles. The molecule has 2 aliphatic rings. The Hall–Kier alpha value is -0.630. The number of carbonyl (C=O) groups is 1. The summed E-state index contributed by atoms with van der Waals surface area (Å²) >= 11 is 0. The van der Waals surface area contributed by atoms with Crippen LogP contribution in [0.5, 0.6) is 0 Å². The average molecular weight is 221 g/mol. The molecule has 0 N–H and O–H groups in total. The molecule has 1 saturated heterocycles. The van der Waals surface area contributed by atoms with Gasteiger partial charge in [-0.25, -0.2) is 0 Å². The third kappa shape index (κ3) is 2.08. The summed E-state index contributed by atoms with van der Waals surface area (Å²) < 4.78 is 0. The van der Waals surface area contributed by atoms with E-state index in [9.17, 15) is 4.79 Å². The van der Waals surface area contributed by atoms with Crippen LogP contribution in [0.1, 0.15) is 52.4 Å². The van der Waals surface area contributed by atoms with Gasteiger partial charge in [0.15, 0.2) is 5.78 Å². The van der Waals surface area contributed by atoms with Gasteiger partial charge in [0.2, 0.25) is 0 Å². The Morgan fingerprint density at radius 3 is 2.12 bits per heavy atom. The number of allylic oxidation sites excluding steroid dienone is 1. The molecule has 0 aromatic rings. The number of hydrogen-bond donors (Lipinski definition) is 0. The van der Waals surface area contributed by atoms with E-state index in [0.29, 0.717) is 5.78 Å². The Bertz CT molecular complexity index is 290. The summed E-state index contributed by atoms with van der Waals surface area (Å²) in [5, 5.41) is 0. The second-order valence-corrected chi connectivity index (χ2v) is 5.52. The molecule has 0 radical (unpaired) electrons. The van der Waals surface area contributed by atoms with Crippen LogP contribution >= 0.6 is 0 Å². The second-order valence-electron chi connectivity index (χ2n) is 5.52. The first-order valence-corrected chi connectivity index (χ1v) is 6.59. The predicted octanol–water partition coefficient (Wildman–Crippen LogP) is 2.93. The molecular formula is C14H23NO. The van der Waals surface area contributed by atoms with E-state index in [1.807, 2.05) is 19.9 Å². The molecule has 0 atom stereocenters. The van der Waals surface area contributed by atoms with Crippen LogP contribution in [-0.4, -0.2) is 29.3 Å². The Balaban J connectivity index is 2.20. The first-order chi connectivity index (χ1) is 7.65. The fourth-order valence-corrected chi connectivity index (χ4v) is 3.22. The zero-order valence-electron chi connectivity index (χ0n) is 10.6. The van der Waals surface area contributed by atoms with Crippen molar-refractivity contribution in [3.05, 3.63) is 11.6 Å². The molecule has 2 nitrogen and oxygen atoms in total. The predicted molar refractivity (Wildman–Crippen MR) is 66.4 cm³/mol. The summed E-state index contributed by atoms with van der Waals surface area (Å²) in [7, 11) is 0. The van der Waals surface area contributed by atoms with Crippen LogP contribution in [0.4, 0.5) is 0 Å². The van der Waals surface area contributed by atoms with Crippen molar-refractivity contribution in [2.75, 3.05) is 13.1 Å². The van der Waals surface area contributed by atoms with Gasteiger partial charge in [0, 0.05) is 0 Å². The molecule has 0 unspecified atom stereocenters. The van der Waals surface area contributed by atoms with Gasteiger partial charge >= 0.3 is 0 Å². The molecule has 90 valence electrons. The smallest absolute Gasteiger partial charge is 0.175 e. The lowest BCUT2D eigenvalue weighted by Crippen LogP contribution is -2.50. The summed E-state index contributed by atoms with van der Waals surface area (Å²) in [6.45, 7) is 6.29. The maximum Gasteiger partial charge on any atom is 0.175 e. The standard InChI is InChI=1S/C14H23NO/c1-12(2)11-13(16)14(7-3-4-8-14)15-9-5-6-10-15/h11H,3-10H2,1-2H3. The minimum absolute atomic E-state index is 0.117. The lowest BCUT2D eigenvalue weighted by atomic mass is 9.89. The zero-order chi connectivity index (χ0) is 11.6. The fraction of sp³-hybridized carbons (Fsp3) is 0.786. The van der Waals surface area contributed by atoms with Gasteiger partial charge in [0.25, 0.3) is 0 Å². The molecule has 16 heavy (non-hydrogen) atoms. The zero-order valence-corrected chi connectivity index (χ0v) is 10.6. The van der Waals surface area contributed by atoms with E-state index in [1.165, 1.54) is 25.7 Å². The number of nitrogens with zero attached hydrogens (tertiary/aromatic N) is 1. The largest absolute Gasteiger partial charge is 0.293 e. The highest BCUT2D eigenvalue weighted by Crippen LogP contribution is 2.38. The number of ketones is 1. The van der Waals surface area contributed by atoms with Crippen LogP contribution in [0, 0.1) is 0 Å². The summed E-state index contributed by atoms with van der Waals surface area (Å²) in [5.74, 6) is 0.368. The summed E-state index contributed by atoms with van der Waals surface area (Å²) in [4.78, 5) is 14.9. The van der Waals surface area contributed by atoms with E-state index < -0.39 is 0 Å². The van der Waals surface area contributed by atoms with Gasteiger partial charge in [-0.15, -0.1) is 0 Å². The van der Waals surface area contributed by atoms with Gasteiger partial charge in [-0.1, -0.05) is 18.4 Å². The normalized spacial score (nSPS) is 24.6. The minimum atomic E-state index is -0.117. The van der Waals surface area contributed by atoms with Crippen molar-refractivity contribution in [1.82, 2.24) is 4.90 Å². The van der Waals surface area contributed by atoms with Crippen LogP contribution in [0.3, 0.4) is 0 Å². The first kappa shape index (κ1) is 11.8. The molecule has 1 saturated carbocycles. The highest BCUT2D eigenvalue weighted by Gasteiger charge is 2.45. The fourth-order valence-electron chi connectivity index (χ4n) is 3.22. The van der Waals surface area contributed by atoms with E-state index >= 15 is 0 Å². The van der Waals surface area contributed by atoms with Crippen molar-refractivity contribution >= 4 is 5.78 Å². The van der Waals surface area contributed by atoms with Crippen molar-refractivity contribution in [3.8, 4) is 0 Å². The van der Waals surface area contributed by atoms with E-state index in [2.05, 4.69) is 4.90 Å². The molecule has 1 aliphatic heterocycles. The quantitative estimate of drug-likeness (QED) is 0.683. The molecule has 0 spiro atoms. The van der Waals surface area contributed by atoms with Gasteiger partial charge in [-0.05, 0) is 58.7 Å². The SMILES string of the molecule is CC(C)=CC(=O)C1(N2CCCC2)CCCC1. The van der Waals surface area contributed by atoms with Crippen molar-refractivity contribution in [1.29, 1.82) is 0 Å². The molecule has 0 aromatic carbocycles. The molecule has 1 aliphatic carbocycles. The van der Waals surface area contributed by atoms with Crippen LogP contribution in [0.15, 0.2) is 11.6 Å². The van der Waals surface area contributed by atoms with Crippen LogP contribution in [0.2, 0.25) is 0 Å². The average Bonchev–Trinajstić information content (AvgIpc) is 2.88. The molecule has 1 heterocycles. The highest BCUT2D eigenvalue weighted by atomic mass is 16.1. The van der Waals surface area contributed by atoms with Crippen molar-refractivity contribution < 1.29 is 4.79 Å². The Kier molecular flexibility index (Phi) is 3.48. The lowest BCUT2D eigenvalue weighted by molar-refractivity contribution is -0.125. The third-order valence-electron chi connectivity index (χ3n) is 4.02. The first-order valence-electron chi connectivity index (χ1n) is 6.59. The van der Waals surface area contributed by atoms with Gasteiger partial charge in [0.1, 0.15) is 0 Å². The summed E-state index contributed by atoms with van der Waals surface area (Å²) in [6, 6.07) is 0. The summed E-state index contributed by atoms with van der Waals surface area (Å²) in [6.07, 6.45) is 9.00. The van der Waals surface area contributed by atoms with Crippen LogP contribution in [-0.2, 0) is 4.79 Å². The minimum Gasteiger partial charge on any atom is -0.293 e. The van der Waals surface area contributed by atoms with E-state index in [0.717, 1.165) is 31.5 Å². The molecule has 2 heteroatoms. The van der Waals surface area contributed by atoms with Gasteiger partial charge in [-0.2, -0.15) is 0 Å².